The van der Waals surface area contributed by atoms with Gasteiger partial charge in [-0.3, -0.25) is 4.79 Å². The van der Waals surface area contributed by atoms with Crippen LogP contribution in [0.4, 0.5) is 5.69 Å². The van der Waals surface area contributed by atoms with Crippen LogP contribution in [-0.4, -0.2) is 26.2 Å². The van der Waals surface area contributed by atoms with Crippen LogP contribution in [0.25, 0.3) is 0 Å². The third-order valence-corrected chi connectivity index (χ3v) is 4.00. The van der Waals surface area contributed by atoms with Crippen molar-refractivity contribution in [2.75, 3.05) is 25.6 Å². The molecule has 1 aliphatic heterocycles. The summed E-state index contributed by atoms with van der Waals surface area (Å²) in [7, 11) is 1.62. The van der Waals surface area contributed by atoms with Gasteiger partial charge >= 0.3 is 0 Å². The number of amides is 1. The number of carbonyl (C=O) groups excluding carboxylic acids is 1. The van der Waals surface area contributed by atoms with Crippen molar-refractivity contribution in [1.29, 1.82) is 0 Å². The van der Waals surface area contributed by atoms with Crippen molar-refractivity contribution in [1.82, 2.24) is 0 Å². The third kappa shape index (κ3) is 2.95. The fourth-order valence-electron chi connectivity index (χ4n) is 2.58. The van der Waals surface area contributed by atoms with Crippen LogP contribution >= 0.6 is 0 Å². The first-order valence-electron chi connectivity index (χ1n) is 7.45. The van der Waals surface area contributed by atoms with E-state index in [0.717, 1.165) is 16.9 Å². The molecule has 0 atom stereocenters. The van der Waals surface area contributed by atoms with Crippen molar-refractivity contribution in [2.45, 2.75) is 13.8 Å². The van der Waals surface area contributed by atoms with Gasteiger partial charge in [-0.05, 0) is 49.2 Å². The van der Waals surface area contributed by atoms with E-state index in [9.17, 15) is 4.79 Å². The number of ether oxygens (including phenoxy) is 3. The highest BCUT2D eigenvalue weighted by molar-refractivity contribution is 6.05. The molecule has 2 aromatic carbocycles. The van der Waals surface area contributed by atoms with Crippen LogP contribution in [0.1, 0.15) is 21.5 Å². The van der Waals surface area contributed by atoms with Crippen LogP contribution in [0.5, 0.6) is 17.2 Å². The van der Waals surface area contributed by atoms with Gasteiger partial charge in [0.05, 0.1) is 7.11 Å². The molecule has 1 amide bonds. The molecule has 0 aromatic heterocycles. The van der Waals surface area contributed by atoms with Crippen LogP contribution in [-0.2, 0) is 0 Å². The summed E-state index contributed by atoms with van der Waals surface area (Å²) < 4.78 is 16.3. The molecule has 23 heavy (non-hydrogen) atoms. The van der Waals surface area contributed by atoms with Gasteiger partial charge in [-0.1, -0.05) is 0 Å². The van der Waals surface area contributed by atoms with E-state index in [1.165, 1.54) is 0 Å². The zero-order valence-electron chi connectivity index (χ0n) is 13.4. The number of anilines is 1. The molecule has 0 saturated carbocycles. The summed E-state index contributed by atoms with van der Waals surface area (Å²) in [5.74, 6) is 1.96. The van der Waals surface area contributed by atoms with Crippen molar-refractivity contribution in [2.24, 2.45) is 0 Å². The zero-order valence-corrected chi connectivity index (χ0v) is 13.4. The van der Waals surface area contributed by atoms with E-state index in [4.69, 9.17) is 14.2 Å². The summed E-state index contributed by atoms with van der Waals surface area (Å²) in [6.07, 6.45) is 0. The Kier molecular flexibility index (Phi) is 4.10. The van der Waals surface area contributed by atoms with Gasteiger partial charge in [0.1, 0.15) is 19.0 Å². The molecule has 0 radical (unpaired) electrons. The second kappa shape index (κ2) is 6.20. The molecule has 0 unspecified atom stereocenters. The Labute approximate surface area is 135 Å². The van der Waals surface area contributed by atoms with E-state index in [2.05, 4.69) is 5.32 Å². The lowest BCUT2D eigenvalue weighted by molar-refractivity contribution is 0.102. The quantitative estimate of drug-likeness (QED) is 0.944. The maximum absolute atomic E-state index is 12.5. The van der Waals surface area contributed by atoms with Crippen molar-refractivity contribution >= 4 is 11.6 Å². The van der Waals surface area contributed by atoms with Gasteiger partial charge in [-0.15, -0.1) is 0 Å². The Morgan fingerprint density at radius 2 is 1.78 bits per heavy atom. The van der Waals surface area contributed by atoms with E-state index >= 15 is 0 Å². The maximum atomic E-state index is 12.5. The van der Waals surface area contributed by atoms with E-state index in [1.54, 1.807) is 37.4 Å². The first-order valence-corrected chi connectivity index (χ1v) is 7.45. The number of benzene rings is 2. The average Bonchev–Trinajstić information content (AvgIpc) is 2.57. The van der Waals surface area contributed by atoms with E-state index in [-0.39, 0.29) is 5.91 Å². The zero-order chi connectivity index (χ0) is 16.4. The Hall–Kier alpha value is -2.69. The lowest BCUT2D eigenvalue weighted by Crippen LogP contribution is -2.17. The van der Waals surface area contributed by atoms with E-state index in [0.29, 0.717) is 36.0 Å². The number of hydrogen-bond acceptors (Lipinski definition) is 4. The summed E-state index contributed by atoms with van der Waals surface area (Å²) in [5, 5.41) is 2.90. The highest BCUT2D eigenvalue weighted by atomic mass is 16.6. The average molecular weight is 313 g/mol. The predicted octanol–water partition coefficient (Wildman–Crippen LogP) is 3.34. The lowest BCUT2D eigenvalue weighted by atomic mass is 10.0. The summed E-state index contributed by atoms with van der Waals surface area (Å²) >= 11 is 0. The second-order valence-electron chi connectivity index (χ2n) is 5.38. The minimum Gasteiger partial charge on any atom is -0.496 e. The maximum Gasteiger partial charge on any atom is 0.255 e. The number of fused-ring (bicyclic) bond motifs is 1. The molecule has 2 aromatic rings. The molecule has 0 fully saturated rings. The largest absolute Gasteiger partial charge is 0.496 e. The summed E-state index contributed by atoms with van der Waals surface area (Å²) in [6.45, 7) is 4.91. The van der Waals surface area contributed by atoms with E-state index < -0.39 is 0 Å². The minimum absolute atomic E-state index is 0.162. The summed E-state index contributed by atoms with van der Waals surface area (Å²) in [4.78, 5) is 12.5. The van der Waals surface area contributed by atoms with Gasteiger partial charge in [0, 0.05) is 17.3 Å². The highest BCUT2D eigenvalue weighted by Gasteiger charge is 2.16. The Morgan fingerprint density at radius 1 is 1.04 bits per heavy atom. The van der Waals surface area contributed by atoms with Crippen LogP contribution in [0, 0.1) is 13.8 Å². The van der Waals surface area contributed by atoms with Gasteiger partial charge in [-0.2, -0.15) is 0 Å². The Bertz CT molecular complexity index is 755. The monoisotopic (exact) mass is 313 g/mol. The summed E-state index contributed by atoms with van der Waals surface area (Å²) in [6, 6.07) is 8.96. The molecule has 0 bridgehead atoms. The van der Waals surface area contributed by atoms with E-state index in [1.807, 2.05) is 13.8 Å². The van der Waals surface area contributed by atoms with Crippen LogP contribution in [0.2, 0.25) is 0 Å². The molecular formula is C18H19NO4. The number of methoxy groups -OCH3 is 1. The number of nitrogens with one attached hydrogen (secondary N) is 1. The molecule has 1 heterocycles. The number of carbonyl (C=O) groups is 1. The molecule has 1 N–H and O–H groups in total. The number of rotatable bonds is 3. The second-order valence-corrected chi connectivity index (χ2v) is 5.38. The summed E-state index contributed by atoms with van der Waals surface area (Å²) in [5.41, 5.74) is 3.16. The first-order chi connectivity index (χ1) is 11.1. The Balaban J connectivity index is 1.83. The Morgan fingerprint density at radius 3 is 2.52 bits per heavy atom. The van der Waals surface area contributed by atoms with Crippen molar-refractivity contribution in [3.8, 4) is 17.2 Å². The molecule has 1 aliphatic rings. The van der Waals surface area contributed by atoms with Crippen molar-refractivity contribution in [3.05, 3.63) is 47.0 Å². The number of hydrogen-bond donors (Lipinski definition) is 1. The van der Waals surface area contributed by atoms with Crippen molar-refractivity contribution in [3.63, 3.8) is 0 Å². The SMILES string of the molecule is COc1ccc(C(=O)Nc2ccc3c(c2)OCCO3)c(C)c1C. The fourth-order valence-corrected chi connectivity index (χ4v) is 2.58. The molecule has 0 saturated heterocycles. The molecule has 5 heteroatoms. The van der Waals surface area contributed by atoms with Crippen molar-refractivity contribution < 1.29 is 19.0 Å². The fraction of sp³-hybridized carbons (Fsp3) is 0.278. The standard InChI is InChI=1S/C18H19NO4/c1-11-12(2)15(21-3)7-5-14(11)18(20)19-13-4-6-16-17(10-13)23-9-8-22-16/h4-7,10H,8-9H2,1-3H3,(H,19,20). The molecule has 3 rings (SSSR count). The lowest BCUT2D eigenvalue weighted by Gasteiger charge is -2.19. The highest BCUT2D eigenvalue weighted by Crippen LogP contribution is 2.33. The molecule has 0 aliphatic carbocycles. The van der Waals surface area contributed by atoms with Crippen LogP contribution in [0.15, 0.2) is 30.3 Å². The molecular weight excluding hydrogens is 294 g/mol. The predicted molar refractivity (Wildman–Crippen MR) is 87.9 cm³/mol. The van der Waals surface area contributed by atoms with Gasteiger partial charge in [-0.25, -0.2) is 0 Å². The molecule has 5 nitrogen and oxygen atoms in total. The third-order valence-electron chi connectivity index (χ3n) is 4.00. The van der Waals surface area contributed by atoms with Gasteiger partial charge in [0.15, 0.2) is 11.5 Å². The van der Waals surface area contributed by atoms with Gasteiger partial charge in [0.2, 0.25) is 0 Å². The minimum atomic E-state index is -0.162. The van der Waals surface area contributed by atoms with Crippen LogP contribution < -0.4 is 19.5 Å². The van der Waals surface area contributed by atoms with Crippen LogP contribution in [0.3, 0.4) is 0 Å². The smallest absolute Gasteiger partial charge is 0.255 e. The van der Waals surface area contributed by atoms with Gasteiger partial charge in [0.25, 0.3) is 5.91 Å². The molecule has 120 valence electrons. The molecule has 0 spiro atoms. The normalized spacial score (nSPS) is 12.7. The first kappa shape index (κ1) is 15.2. The van der Waals surface area contributed by atoms with Gasteiger partial charge < -0.3 is 19.5 Å². The topological polar surface area (TPSA) is 56.8 Å².